The van der Waals surface area contributed by atoms with Gasteiger partial charge in [0.2, 0.25) is 5.91 Å². The van der Waals surface area contributed by atoms with Gasteiger partial charge in [-0.05, 0) is 81.3 Å². The molecule has 1 N–H and O–H groups in total. The molecule has 3 saturated heterocycles. The Bertz CT molecular complexity index is 2370. The summed E-state index contributed by atoms with van der Waals surface area (Å²) in [7, 11) is 0. The number of nitriles is 1. The maximum atomic E-state index is 17.2. The van der Waals surface area contributed by atoms with Crippen molar-refractivity contribution < 1.29 is 22.7 Å². The highest BCUT2D eigenvalue weighted by atomic mass is 35.5. The number of benzene rings is 3. The van der Waals surface area contributed by atoms with Crippen LogP contribution in [-0.2, 0) is 16.0 Å². The van der Waals surface area contributed by atoms with E-state index in [4.69, 9.17) is 32.9 Å². The van der Waals surface area contributed by atoms with Crippen molar-refractivity contribution in [2.75, 3.05) is 13.1 Å². The van der Waals surface area contributed by atoms with Crippen LogP contribution in [0.5, 0.6) is 0 Å². The van der Waals surface area contributed by atoms with Gasteiger partial charge in [0, 0.05) is 71.2 Å². The third kappa shape index (κ3) is 5.69. The van der Waals surface area contributed by atoms with Crippen molar-refractivity contribution in [2.45, 2.75) is 82.7 Å². The van der Waals surface area contributed by atoms with Gasteiger partial charge in [-0.2, -0.15) is 5.26 Å². The number of hydrogen-bond acceptors (Lipinski definition) is 5. The van der Waals surface area contributed by atoms with Crippen molar-refractivity contribution >= 4 is 50.9 Å². The fourth-order valence-electron chi connectivity index (χ4n) is 9.34. The number of nitrogens with zero attached hydrogens (tertiary/aromatic N) is 4. The Balaban J connectivity index is 1.23. The molecule has 278 valence electrons. The third-order valence-corrected chi connectivity index (χ3v) is 12.9. The fourth-order valence-corrected chi connectivity index (χ4v) is 9.73. The molecular weight excluding hydrogens is 734 g/mol. The molecule has 1 amide bonds. The molecule has 2 aliphatic carbocycles. The average molecular weight is 773 g/mol. The second kappa shape index (κ2) is 13.6. The quantitative estimate of drug-likeness (QED) is 0.161. The maximum absolute atomic E-state index is 17.2. The normalized spacial score (nSPS) is 24.0. The number of halogens is 5. The number of pyridine rings is 1. The van der Waals surface area contributed by atoms with Crippen molar-refractivity contribution in [3.63, 3.8) is 0 Å². The molecule has 10 rings (SSSR count). The Morgan fingerprint density at radius 2 is 1.85 bits per heavy atom. The number of hydrogen-bond donors (Lipinski definition) is 1. The molecule has 54 heavy (non-hydrogen) atoms. The summed E-state index contributed by atoms with van der Waals surface area (Å²) in [5.74, 6) is -1.56. The average Bonchev–Trinajstić information content (AvgIpc) is 3.42. The van der Waals surface area contributed by atoms with Crippen LogP contribution < -0.4 is 5.32 Å². The van der Waals surface area contributed by atoms with Gasteiger partial charge in [0.05, 0.1) is 51.5 Å². The number of nitrogens with one attached hydrogen (secondary N) is 1. The van der Waals surface area contributed by atoms with Crippen molar-refractivity contribution in [3.05, 3.63) is 98.5 Å². The fraction of sp³-hybridized carbons (Fsp3) is 0.405. The van der Waals surface area contributed by atoms with E-state index in [-0.39, 0.29) is 65.0 Å². The zero-order valence-corrected chi connectivity index (χ0v) is 31.3. The first-order chi connectivity index (χ1) is 26.0. The van der Waals surface area contributed by atoms with E-state index in [0.717, 1.165) is 42.4 Å². The lowest BCUT2D eigenvalue weighted by molar-refractivity contribution is -0.134. The van der Waals surface area contributed by atoms with Crippen LogP contribution in [0.4, 0.5) is 13.2 Å². The van der Waals surface area contributed by atoms with Gasteiger partial charge in [0.15, 0.2) is 5.82 Å². The van der Waals surface area contributed by atoms with E-state index in [1.54, 1.807) is 25.1 Å². The minimum atomic E-state index is -0.877. The highest BCUT2D eigenvalue weighted by Crippen LogP contribution is 2.51. The second-order valence-corrected chi connectivity index (χ2v) is 16.1. The zero-order valence-electron chi connectivity index (χ0n) is 29.8. The summed E-state index contributed by atoms with van der Waals surface area (Å²) in [4.78, 5) is 20.8. The van der Waals surface area contributed by atoms with Crippen molar-refractivity contribution in [1.82, 2.24) is 19.8 Å². The van der Waals surface area contributed by atoms with Crippen LogP contribution in [0.1, 0.15) is 79.7 Å². The van der Waals surface area contributed by atoms with Gasteiger partial charge in [-0.1, -0.05) is 41.4 Å². The Hall–Kier alpha value is -4.14. The van der Waals surface area contributed by atoms with Gasteiger partial charge < -0.3 is 19.5 Å². The first kappa shape index (κ1) is 35.6. The molecule has 5 heterocycles. The molecule has 5 aromatic rings. The highest BCUT2D eigenvalue weighted by Gasteiger charge is 2.51. The third-order valence-electron chi connectivity index (χ3n) is 12.0. The van der Waals surface area contributed by atoms with E-state index in [1.807, 2.05) is 17.9 Å². The minimum absolute atomic E-state index is 0.0509. The first-order valence-corrected chi connectivity index (χ1v) is 19.4. The number of ether oxygens (including phenoxy) is 1. The van der Waals surface area contributed by atoms with Gasteiger partial charge in [0.1, 0.15) is 17.2 Å². The van der Waals surface area contributed by atoms with Gasteiger partial charge >= 0.3 is 0 Å². The highest BCUT2D eigenvalue weighted by molar-refractivity contribution is 6.43. The molecule has 5 aliphatic rings. The van der Waals surface area contributed by atoms with Crippen molar-refractivity contribution in [2.24, 2.45) is 11.8 Å². The summed E-state index contributed by atoms with van der Waals surface area (Å²) in [5, 5.41) is 15.3. The van der Waals surface area contributed by atoms with Crippen LogP contribution in [0.25, 0.3) is 32.9 Å². The number of carbonyl (C=O) groups is 1. The summed E-state index contributed by atoms with van der Waals surface area (Å²) in [5.41, 5.74) is 3.78. The maximum Gasteiger partial charge on any atom is 0.226 e. The lowest BCUT2D eigenvalue weighted by Crippen LogP contribution is -2.41. The predicted molar refractivity (Wildman–Crippen MR) is 202 cm³/mol. The van der Waals surface area contributed by atoms with Crippen molar-refractivity contribution in [1.29, 1.82) is 5.26 Å². The van der Waals surface area contributed by atoms with Crippen LogP contribution in [0.3, 0.4) is 0 Å². The minimum Gasteiger partial charge on any atom is -0.368 e. The van der Waals surface area contributed by atoms with Crippen LogP contribution in [0, 0.1) is 47.5 Å². The molecule has 7 nitrogen and oxygen atoms in total. The summed E-state index contributed by atoms with van der Waals surface area (Å²) in [6, 6.07) is 15.0. The Labute approximate surface area is 321 Å². The lowest BCUT2D eigenvalue weighted by atomic mass is 9.79. The van der Waals surface area contributed by atoms with E-state index < -0.39 is 35.7 Å². The number of aryl methyl sites for hydroxylation is 2. The van der Waals surface area contributed by atoms with Crippen LogP contribution in [0.2, 0.25) is 10.0 Å². The second-order valence-electron chi connectivity index (χ2n) is 15.3. The molecular formula is C42H38Cl2F3N5O2. The van der Waals surface area contributed by atoms with E-state index in [0.29, 0.717) is 39.6 Å². The van der Waals surface area contributed by atoms with Crippen LogP contribution >= 0.6 is 23.2 Å². The SMILES string of the molecule is Cc1nc2c(F)c(-c3cccc(Cl)c3Cl)c(CCC#N)cc2c2c1cc([C@H]1C[C@H](OC(C)c3c(F)cccc3F)CN1C(=O)C1CC1)n2[C@H]1[C@H]2CN[C@@H]1C2. The molecule has 1 unspecified atom stereocenters. The van der Waals surface area contributed by atoms with Gasteiger partial charge in [-0.15, -0.1) is 0 Å². The summed E-state index contributed by atoms with van der Waals surface area (Å²) >= 11 is 13.1. The number of likely N-dealkylation sites (tertiary alicyclic amines) is 1. The molecule has 2 saturated carbocycles. The molecule has 0 spiro atoms. The topological polar surface area (TPSA) is 83.2 Å². The molecule has 0 radical (unpaired) electrons. The smallest absolute Gasteiger partial charge is 0.226 e. The summed E-state index contributed by atoms with van der Waals surface area (Å²) in [6.45, 7) is 4.65. The van der Waals surface area contributed by atoms with Crippen LogP contribution in [0.15, 0.2) is 48.5 Å². The number of rotatable bonds is 9. The van der Waals surface area contributed by atoms with Gasteiger partial charge in [-0.25, -0.2) is 18.2 Å². The van der Waals surface area contributed by atoms with E-state index >= 15 is 4.39 Å². The summed E-state index contributed by atoms with van der Waals surface area (Å²) < 4.78 is 55.6. The monoisotopic (exact) mass is 771 g/mol. The van der Waals surface area contributed by atoms with E-state index in [1.165, 1.54) is 18.2 Å². The van der Waals surface area contributed by atoms with Crippen LogP contribution in [-0.4, -0.2) is 45.6 Å². The largest absolute Gasteiger partial charge is 0.368 e. The number of carbonyl (C=O) groups excluding carboxylic acids is 1. The predicted octanol–water partition coefficient (Wildman–Crippen LogP) is 9.71. The van der Waals surface area contributed by atoms with Crippen molar-refractivity contribution in [3.8, 4) is 17.2 Å². The number of amides is 1. The molecule has 6 atom stereocenters. The molecule has 3 aromatic carbocycles. The lowest BCUT2D eigenvalue weighted by Gasteiger charge is -2.39. The van der Waals surface area contributed by atoms with E-state index in [2.05, 4.69) is 22.0 Å². The van der Waals surface area contributed by atoms with Gasteiger partial charge in [0.25, 0.3) is 0 Å². The van der Waals surface area contributed by atoms with E-state index in [9.17, 15) is 18.8 Å². The number of fused-ring (bicyclic) bond motifs is 4. The first-order valence-electron chi connectivity index (χ1n) is 18.7. The molecule has 3 aliphatic heterocycles. The zero-order chi connectivity index (χ0) is 37.6. The number of aromatic nitrogens is 2. The Morgan fingerprint density at radius 3 is 2.54 bits per heavy atom. The Morgan fingerprint density at radius 1 is 1.09 bits per heavy atom. The standard InChI is InChI=1S/C42H38Cl2F3N5O2/c1-20-27-17-34(33-16-25(19-51(33)42(53)22-11-12-22)54-21(2)35-30(45)9-4-10-31(35)46)52(40-24-15-32(40)49-18-24)41(27)28-14-23(6-5-13-48)36(38(47)39(28)50-20)26-7-3-8-29(43)37(26)44/h3-4,7-10,14,17,21-22,24-25,32-33,40,49H,5-6,11-12,15-16,18-19H2,1-2H3/t21?,24-,25+,32-,33-,40+/m1/s1. The van der Waals surface area contributed by atoms with Gasteiger partial charge in [-0.3, -0.25) is 4.79 Å². The molecule has 2 bridgehead atoms. The molecule has 5 fully saturated rings. The molecule has 2 aromatic heterocycles. The summed E-state index contributed by atoms with van der Waals surface area (Å²) in [6.07, 6.45) is 2.17. The Kier molecular flexibility index (Phi) is 8.93. The molecule has 12 heteroatoms.